The van der Waals surface area contributed by atoms with E-state index < -0.39 is 24.3 Å². The van der Waals surface area contributed by atoms with Gasteiger partial charge < -0.3 is 40.2 Å². The number of alkyl carbamates (subject to hydrolysis) is 2. The highest BCUT2D eigenvalue weighted by atomic mass is 16.5. The van der Waals surface area contributed by atoms with E-state index in [1.54, 1.807) is 16.0 Å². The summed E-state index contributed by atoms with van der Waals surface area (Å²) in [5.41, 5.74) is 4.88. The van der Waals surface area contributed by atoms with Crippen LogP contribution in [-0.4, -0.2) is 101 Å². The van der Waals surface area contributed by atoms with Gasteiger partial charge in [-0.25, -0.2) is 19.6 Å². The minimum atomic E-state index is -0.700. The average molecular weight is 767 g/mol. The molecule has 6 rings (SSSR count). The molecule has 0 bridgehead atoms. The van der Waals surface area contributed by atoms with Crippen LogP contribution in [0.25, 0.3) is 33.4 Å². The molecule has 4 aromatic rings. The lowest BCUT2D eigenvalue weighted by atomic mass is 10.0. The Balaban J connectivity index is 1.08. The standard InChI is InChI=1S/C41H50N8O7/c1-24(2)36(47-41(54)56-5)39(52)49-19-6-8-33(49)37-42-23-32(46-37)27-12-10-26(11-13-27)30-16-14-28-21-29(15-17-31(28)45-30)44-38(51)34-9-7-18-48(34)35(50)20-25(3)22-43-40(53)55-4/h10-17,21,23-25,33-34,36H,6-9,18-20,22H2,1-5H3,(H,42,46)(H,43,53)(H,44,51)(H,47,54)/t25-,33?,34-,36-/m0/s1. The van der Waals surface area contributed by atoms with Crippen LogP contribution in [0.4, 0.5) is 15.3 Å². The molecule has 0 spiro atoms. The Labute approximate surface area is 325 Å². The molecule has 5 amide bonds. The molecule has 2 aliphatic rings. The maximum Gasteiger partial charge on any atom is 0.407 e. The number of benzene rings is 2. The van der Waals surface area contributed by atoms with Crippen molar-refractivity contribution in [2.24, 2.45) is 11.8 Å². The molecule has 15 nitrogen and oxygen atoms in total. The summed E-state index contributed by atoms with van der Waals surface area (Å²) in [7, 11) is 2.57. The number of nitrogens with zero attached hydrogens (tertiary/aromatic N) is 4. The number of carbonyl (C=O) groups excluding carboxylic acids is 5. The second-order valence-electron chi connectivity index (χ2n) is 14.8. The van der Waals surface area contributed by atoms with E-state index in [1.807, 2.05) is 75.4 Å². The maximum absolute atomic E-state index is 13.5. The number of aromatic nitrogens is 3. The van der Waals surface area contributed by atoms with Crippen LogP contribution in [0.15, 0.2) is 60.8 Å². The van der Waals surface area contributed by atoms with Crippen LogP contribution in [0.3, 0.4) is 0 Å². The summed E-state index contributed by atoms with van der Waals surface area (Å²) in [4.78, 5) is 79.6. The highest BCUT2D eigenvalue weighted by Crippen LogP contribution is 2.33. The van der Waals surface area contributed by atoms with E-state index in [4.69, 9.17) is 9.72 Å². The van der Waals surface area contributed by atoms with Crippen molar-refractivity contribution in [3.8, 4) is 22.5 Å². The molecule has 2 fully saturated rings. The number of fused-ring (bicyclic) bond motifs is 1. The van der Waals surface area contributed by atoms with Crippen LogP contribution in [0.1, 0.15) is 64.7 Å². The lowest BCUT2D eigenvalue weighted by molar-refractivity contribution is -0.137. The summed E-state index contributed by atoms with van der Waals surface area (Å²) in [5.74, 6) is -0.0224. The molecule has 4 N–H and O–H groups in total. The van der Waals surface area contributed by atoms with Gasteiger partial charge in [-0.2, -0.15) is 0 Å². The monoisotopic (exact) mass is 766 g/mol. The van der Waals surface area contributed by atoms with Crippen LogP contribution < -0.4 is 16.0 Å². The number of ether oxygens (including phenoxy) is 2. The van der Waals surface area contributed by atoms with Crippen LogP contribution >= 0.6 is 0 Å². The van der Waals surface area contributed by atoms with E-state index in [-0.39, 0.29) is 42.0 Å². The van der Waals surface area contributed by atoms with Gasteiger partial charge in [0.1, 0.15) is 17.9 Å². The number of amides is 5. The normalized spacial score (nSPS) is 17.8. The van der Waals surface area contributed by atoms with E-state index in [0.717, 1.165) is 52.7 Å². The van der Waals surface area contributed by atoms with Crippen molar-refractivity contribution < 1.29 is 33.4 Å². The van der Waals surface area contributed by atoms with Crippen molar-refractivity contribution in [3.05, 3.63) is 66.6 Å². The lowest BCUT2D eigenvalue weighted by Crippen LogP contribution is -2.51. The number of methoxy groups -OCH3 is 2. The number of likely N-dealkylation sites (tertiary alicyclic amines) is 2. The topological polar surface area (TPSA) is 188 Å². The van der Waals surface area contributed by atoms with Gasteiger partial charge in [-0.3, -0.25) is 14.4 Å². The molecule has 0 aliphatic carbocycles. The van der Waals surface area contributed by atoms with Crippen LogP contribution in [0.2, 0.25) is 0 Å². The average Bonchev–Trinajstić information content (AvgIpc) is 4.00. The summed E-state index contributed by atoms with van der Waals surface area (Å²) in [6, 6.07) is 16.0. The molecule has 1 unspecified atom stereocenters. The number of hydrogen-bond donors (Lipinski definition) is 4. The zero-order chi connectivity index (χ0) is 39.9. The minimum absolute atomic E-state index is 0.108. The van der Waals surface area contributed by atoms with Gasteiger partial charge in [-0.15, -0.1) is 0 Å². The summed E-state index contributed by atoms with van der Waals surface area (Å²) in [6.45, 7) is 7.05. The molecule has 56 heavy (non-hydrogen) atoms. The van der Waals surface area contributed by atoms with Gasteiger partial charge in [0.2, 0.25) is 17.7 Å². The van der Waals surface area contributed by atoms with Crippen LogP contribution in [0.5, 0.6) is 0 Å². The zero-order valence-electron chi connectivity index (χ0n) is 32.5. The smallest absolute Gasteiger partial charge is 0.407 e. The molecule has 0 radical (unpaired) electrons. The second kappa shape index (κ2) is 17.6. The molecule has 2 aromatic heterocycles. The molecule has 0 saturated carbocycles. The Morgan fingerprint density at radius 1 is 0.875 bits per heavy atom. The van der Waals surface area contributed by atoms with Crippen molar-refractivity contribution in [1.82, 2.24) is 35.4 Å². The fourth-order valence-corrected chi connectivity index (χ4v) is 7.41. The maximum atomic E-state index is 13.5. The van der Waals surface area contributed by atoms with E-state index >= 15 is 0 Å². The van der Waals surface area contributed by atoms with Gasteiger partial charge in [-0.05, 0) is 67.3 Å². The van der Waals surface area contributed by atoms with E-state index in [0.29, 0.717) is 37.6 Å². The second-order valence-corrected chi connectivity index (χ2v) is 14.8. The molecule has 15 heteroatoms. The van der Waals surface area contributed by atoms with E-state index in [9.17, 15) is 24.0 Å². The highest BCUT2D eigenvalue weighted by Gasteiger charge is 2.38. The van der Waals surface area contributed by atoms with Crippen molar-refractivity contribution in [3.63, 3.8) is 0 Å². The Hall–Kier alpha value is -5.99. The molecular formula is C41H50N8O7. The third-order valence-corrected chi connectivity index (χ3v) is 10.5. The van der Waals surface area contributed by atoms with Crippen molar-refractivity contribution in [2.45, 2.75) is 71.0 Å². The predicted octanol–water partition coefficient (Wildman–Crippen LogP) is 5.65. The number of rotatable bonds is 12. The summed E-state index contributed by atoms with van der Waals surface area (Å²) < 4.78 is 9.34. The Morgan fingerprint density at radius 2 is 1.59 bits per heavy atom. The largest absolute Gasteiger partial charge is 0.453 e. The van der Waals surface area contributed by atoms with Crippen molar-refractivity contribution >= 4 is 46.5 Å². The first-order valence-electron chi connectivity index (χ1n) is 19.1. The number of carbonyl (C=O) groups is 5. The molecule has 2 saturated heterocycles. The van der Waals surface area contributed by atoms with Gasteiger partial charge in [0.25, 0.3) is 0 Å². The fourth-order valence-electron chi connectivity index (χ4n) is 7.41. The highest BCUT2D eigenvalue weighted by molar-refractivity contribution is 5.99. The van der Waals surface area contributed by atoms with Gasteiger partial charge in [0.05, 0.1) is 43.4 Å². The minimum Gasteiger partial charge on any atom is -0.453 e. The van der Waals surface area contributed by atoms with Crippen LogP contribution in [-0.2, 0) is 23.9 Å². The van der Waals surface area contributed by atoms with Crippen molar-refractivity contribution in [1.29, 1.82) is 0 Å². The molecule has 4 heterocycles. The molecule has 296 valence electrons. The first-order chi connectivity index (χ1) is 26.9. The molecule has 2 aromatic carbocycles. The molecule has 2 aliphatic heterocycles. The van der Waals surface area contributed by atoms with E-state index in [2.05, 4.69) is 30.7 Å². The van der Waals surface area contributed by atoms with Crippen molar-refractivity contribution in [2.75, 3.05) is 39.2 Å². The lowest BCUT2D eigenvalue weighted by Gasteiger charge is -2.30. The number of hydrogen-bond acceptors (Lipinski definition) is 9. The van der Waals surface area contributed by atoms with Gasteiger partial charge >= 0.3 is 12.2 Å². The number of pyridine rings is 1. The third-order valence-electron chi connectivity index (χ3n) is 10.5. The molecule has 4 atom stereocenters. The Morgan fingerprint density at radius 3 is 2.32 bits per heavy atom. The number of anilines is 1. The Kier molecular flexibility index (Phi) is 12.5. The number of H-pyrrole nitrogens is 1. The summed E-state index contributed by atoms with van der Waals surface area (Å²) in [5, 5.41) is 9.15. The number of imidazole rings is 1. The third kappa shape index (κ3) is 9.09. The summed E-state index contributed by atoms with van der Waals surface area (Å²) >= 11 is 0. The fraction of sp³-hybridized carbons (Fsp3) is 0.439. The first kappa shape index (κ1) is 39.7. The van der Waals surface area contributed by atoms with E-state index in [1.165, 1.54) is 14.2 Å². The first-order valence-corrected chi connectivity index (χ1v) is 19.1. The van der Waals surface area contributed by atoms with Crippen LogP contribution in [0, 0.1) is 11.8 Å². The SMILES string of the molecule is COC(=O)NC[C@@H](C)CC(=O)N1CCC[C@H]1C(=O)Nc1ccc2nc(-c3ccc(-c4cnc(C5CCCN5C(=O)[C@@H](NC(=O)OC)C(C)C)[nH]4)cc3)ccc2c1. The van der Waals surface area contributed by atoms with Gasteiger partial charge in [0, 0.05) is 42.7 Å². The predicted molar refractivity (Wildman–Crippen MR) is 210 cm³/mol. The quantitative estimate of drug-likeness (QED) is 0.141. The zero-order valence-corrected chi connectivity index (χ0v) is 32.5. The Bertz CT molecular complexity index is 2070. The van der Waals surface area contributed by atoms with Gasteiger partial charge in [0.15, 0.2) is 0 Å². The van der Waals surface area contributed by atoms with Gasteiger partial charge in [-0.1, -0.05) is 51.1 Å². The number of nitrogens with one attached hydrogen (secondary N) is 4. The molecular weight excluding hydrogens is 716 g/mol. The number of aromatic amines is 1. The summed E-state index contributed by atoms with van der Waals surface area (Å²) in [6.07, 6.45) is 3.74.